The highest BCUT2D eigenvalue weighted by Gasteiger charge is 2.11. The van der Waals surface area contributed by atoms with Gasteiger partial charge in [-0.1, -0.05) is 17.8 Å². The van der Waals surface area contributed by atoms with Gasteiger partial charge in [0, 0.05) is 24.0 Å². The molecule has 0 aliphatic heterocycles. The van der Waals surface area contributed by atoms with Crippen molar-refractivity contribution >= 4 is 11.8 Å². The number of hydrogen-bond donors (Lipinski definition) is 1. The van der Waals surface area contributed by atoms with Crippen molar-refractivity contribution in [2.45, 2.75) is 49.7 Å². The van der Waals surface area contributed by atoms with Gasteiger partial charge >= 0.3 is 0 Å². The number of halogens is 1. The molecule has 0 unspecified atom stereocenters. The van der Waals surface area contributed by atoms with E-state index in [1.54, 1.807) is 10.7 Å². The van der Waals surface area contributed by atoms with Crippen molar-refractivity contribution in [3.63, 3.8) is 0 Å². The molecular formula is C16H22FN3S. The molecule has 0 saturated carbocycles. The normalized spacial score (nSPS) is 11.9. The highest BCUT2D eigenvalue weighted by Crippen LogP contribution is 2.30. The predicted molar refractivity (Wildman–Crippen MR) is 85.1 cm³/mol. The van der Waals surface area contributed by atoms with E-state index in [0.29, 0.717) is 11.4 Å². The van der Waals surface area contributed by atoms with Crippen LogP contribution in [0.25, 0.3) is 0 Å². The van der Waals surface area contributed by atoms with Crippen molar-refractivity contribution in [1.29, 1.82) is 0 Å². The van der Waals surface area contributed by atoms with Crippen LogP contribution in [0.2, 0.25) is 0 Å². The molecule has 0 radical (unpaired) electrons. The average Bonchev–Trinajstić information content (AvgIpc) is 2.67. The summed E-state index contributed by atoms with van der Waals surface area (Å²) in [5, 5.41) is 8.57. The largest absolute Gasteiger partial charge is 0.308 e. The Kier molecular flexibility index (Phi) is 4.74. The van der Waals surface area contributed by atoms with Gasteiger partial charge in [-0.3, -0.25) is 4.68 Å². The number of aromatic nitrogens is 2. The van der Waals surface area contributed by atoms with E-state index in [4.69, 9.17) is 0 Å². The number of nitrogens with zero attached hydrogens (tertiary/aromatic N) is 2. The summed E-state index contributed by atoms with van der Waals surface area (Å²) in [4.78, 5) is 0.623. The van der Waals surface area contributed by atoms with Crippen molar-refractivity contribution in [2.24, 2.45) is 7.05 Å². The fourth-order valence-electron chi connectivity index (χ4n) is 1.90. The average molecular weight is 307 g/mol. The number of nitrogens with one attached hydrogen (secondary N) is 1. The first-order valence-corrected chi connectivity index (χ1v) is 7.78. The Bertz CT molecular complexity index is 629. The number of hydrogen-bond acceptors (Lipinski definition) is 3. The minimum absolute atomic E-state index is 0.0239. The van der Waals surface area contributed by atoms with E-state index >= 15 is 0 Å². The highest BCUT2D eigenvalue weighted by atomic mass is 32.2. The molecule has 1 heterocycles. The van der Waals surface area contributed by atoms with Gasteiger partial charge in [0.15, 0.2) is 0 Å². The summed E-state index contributed by atoms with van der Waals surface area (Å²) in [6.07, 6.45) is 0. The SMILES string of the molecule is Cc1cc(Sc2ccc(CNC(C)(C)C)cc2F)n(C)n1. The van der Waals surface area contributed by atoms with Crippen LogP contribution in [-0.2, 0) is 13.6 Å². The monoisotopic (exact) mass is 307 g/mol. The van der Waals surface area contributed by atoms with Crippen molar-refractivity contribution in [1.82, 2.24) is 15.1 Å². The molecule has 0 aliphatic rings. The first kappa shape index (κ1) is 16.0. The molecule has 0 fully saturated rings. The summed E-state index contributed by atoms with van der Waals surface area (Å²) in [5.41, 5.74) is 1.91. The van der Waals surface area contributed by atoms with Gasteiger partial charge in [0.1, 0.15) is 5.82 Å². The Morgan fingerprint density at radius 2 is 2.00 bits per heavy atom. The lowest BCUT2D eigenvalue weighted by Crippen LogP contribution is -2.35. The van der Waals surface area contributed by atoms with Crippen LogP contribution in [0.1, 0.15) is 32.0 Å². The van der Waals surface area contributed by atoms with Crippen LogP contribution in [0.15, 0.2) is 34.2 Å². The molecule has 0 spiro atoms. The Labute approximate surface area is 129 Å². The maximum Gasteiger partial charge on any atom is 0.137 e. The quantitative estimate of drug-likeness (QED) is 0.929. The molecule has 0 saturated heterocycles. The molecule has 3 nitrogen and oxygen atoms in total. The Morgan fingerprint density at radius 3 is 2.52 bits per heavy atom. The lowest BCUT2D eigenvalue weighted by molar-refractivity contribution is 0.423. The smallest absolute Gasteiger partial charge is 0.137 e. The zero-order valence-corrected chi connectivity index (χ0v) is 14.0. The third-order valence-electron chi connectivity index (χ3n) is 2.99. The van der Waals surface area contributed by atoms with Gasteiger partial charge in [0.2, 0.25) is 0 Å². The second-order valence-electron chi connectivity index (χ2n) is 6.22. The van der Waals surface area contributed by atoms with Gasteiger partial charge in [0.25, 0.3) is 0 Å². The first-order valence-electron chi connectivity index (χ1n) is 6.96. The number of aryl methyl sites for hydroxylation is 2. The van der Waals surface area contributed by atoms with Crippen molar-refractivity contribution in [3.8, 4) is 0 Å². The van der Waals surface area contributed by atoms with Gasteiger partial charge in [-0.25, -0.2) is 4.39 Å². The lowest BCUT2D eigenvalue weighted by Gasteiger charge is -2.20. The predicted octanol–water partition coefficient (Wildman–Crippen LogP) is 3.91. The minimum atomic E-state index is -0.188. The van der Waals surface area contributed by atoms with E-state index in [9.17, 15) is 4.39 Å². The zero-order valence-electron chi connectivity index (χ0n) is 13.2. The van der Waals surface area contributed by atoms with Crippen LogP contribution in [0.3, 0.4) is 0 Å². The van der Waals surface area contributed by atoms with Crippen molar-refractivity contribution in [2.75, 3.05) is 0 Å². The van der Waals surface area contributed by atoms with Crippen LogP contribution in [0.4, 0.5) is 4.39 Å². The Morgan fingerprint density at radius 1 is 1.29 bits per heavy atom. The van der Waals surface area contributed by atoms with Gasteiger partial charge in [0.05, 0.1) is 10.7 Å². The molecule has 0 bridgehead atoms. The molecule has 1 N–H and O–H groups in total. The molecule has 1 aromatic heterocycles. The Hall–Kier alpha value is -1.33. The zero-order chi connectivity index (χ0) is 15.6. The Balaban J connectivity index is 2.10. The molecule has 1 aromatic carbocycles. The number of benzene rings is 1. The molecule has 0 aliphatic carbocycles. The topological polar surface area (TPSA) is 29.9 Å². The van der Waals surface area contributed by atoms with Crippen LogP contribution in [-0.4, -0.2) is 15.3 Å². The fourth-order valence-corrected chi connectivity index (χ4v) is 2.82. The summed E-state index contributed by atoms with van der Waals surface area (Å²) in [6, 6.07) is 7.36. The molecule has 0 atom stereocenters. The van der Waals surface area contributed by atoms with Crippen molar-refractivity contribution in [3.05, 3.63) is 41.3 Å². The van der Waals surface area contributed by atoms with Gasteiger partial charge in [-0.2, -0.15) is 5.10 Å². The van der Waals surface area contributed by atoms with Gasteiger partial charge in [-0.05, 0) is 51.5 Å². The van der Waals surface area contributed by atoms with Gasteiger partial charge < -0.3 is 5.32 Å². The lowest BCUT2D eigenvalue weighted by atomic mass is 10.1. The molecular weight excluding hydrogens is 285 g/mol. The fraction of sp³-hybridized carbons (Fsp3) is 0.438. The summed E-state index contributed by atoms with van der Waals surface area (Å²) in [5.74, 6) is -0.188. The molecule has 2 aromatic rings. The maximum atomic E-state index is 14.2. The van der Waals surface area contributed by atoms with E-state index < -0.39 is 0 Å². The van der Waals surface area contributed by atoms with Crippen molar-refractivity contribution < 1.29 is 4.39 Å². The van der Waals surface area contributed by atoms with Crippen LogP contribution in [0.5, 0.6) is 0 Å². The van der Waals surface area contributed by atoms with E-state index in [0.717, 1.165) is 16.3 Å². The summed E-state index contributed by atoms with van der Waals surface area (Å²) in [7, 11) is 1.87. The summed E-state index contributed by atoms with van der Waals surface area (Å²) >= 11 is 1.40. The van der Waals surface area contributed by atoms with Gasteiger partial charge in [-0.15, -0.1) is 0 Å². The second-order valence-corrected chi connectivity index (χ2v) is 7.28. The standard InChI is InChI=1S/C16H22FN3S/c1-11-8-15(20(5)19-11)21-14-7-6-12(9-13(14)17)10-18-16(2,3)4/h6-9,18H,10H2,1-5H3. The van der Waals surface area contributed by atoms with Crippen LogP contribution >= 0.6 is 11.8 Å². The van der Waals surface area contributed by atoms with E-state index in [2.05, 4.69) is 31.2 Å². The maximum absolute atomic E-state index is 14.2. The van der Waals surface area contributed by atoms with E-state index in [1.807, 2.05) is 32.2 Å². The summed E-state index contributed by atoms with van der Waals surface area (Å²) in [6.45, 7) is 8.88. The molecule has 2 rings (SSSR count). The third kappa shape index (κ3) is 4.58. The van der Waals surface area contributed by atoms with Crippen LogP contribution < -0.4 is 5.32 Å². The highest BCUT2D eigenvalue weighted by molar-refractivity contribution is 7.99. The molecule has 0 amide bonds. The summed E-state index contributed by atoms with van der Waals surface area (Å²) < 4.78 is 16.0. The number of rotatable bonds is 4. The molecule has 5 heteroatoms. The first-order chi connectivity index (χ1) is 9.74. The van der Waals surface area contributed by atoms with E-state index in [-0.39, 0.29) is 11.4 Å². The molecule has 21 heavy (non-hydrogen) atoms. The second kappa shape index (κ2) is 6.20. The van der Waals surface area contributed by atoms with Crippen LogP contribution in [0, 0.1) is 12.7 Å². The minimum Gasteiger partial charge on any atom is -0.308 e. The molecule has 114 valence electrons. The third-order valence-corrected chi connectivity index (χ3v) is 4.13. The van der Waals surface area contributed by atoms with E-state index in [1.165, 1.54) is 11.8 Å².